The van der Waals surface area contributed by atoms with Crippen LogP contribution in [0.4, 0.5) is 0 Å². The number of aliphatic imine (C=N–C) groups is 1. The molecule has 0 spiro atoms. The van der Waals surface area contributed by atoms with Crippen molar-refractivity contribution in [2.24, 2.45) is 10.8 Å². The summed E-state index contributed by atoms with van der Waals surface area (Å²) in [5.41, 5.74) is 4.14. The number of likely N-dealkylation sites (tertiary alicyclic amines) is 1. The van der Waals surface area contributed by atoms with Crippen molar-refractivity contribution in [2.75, 3.05) is 20.1 Å². The molecule has 1 fully saturated rings. The maximum absolute atomic E-state index is 13.5. The van der Waals surface area contributed by atoms with Gasteiger partial charge < -0.3 is 21.0 Å². The Morgan fingerprint density at radius 3 is 2.67 bits per heavy atom. The third-order valence-electron chi connectivity index (χ3n) is 6.85. The SMILES string of the molecule is CN[C@@H](Cc1ccccc1)C(=O)N1CCC[C@H]1C(=O)NC(CCCN=CNN)C(=O)c1nc2ccccc2s1. The van der Waals surface area contributed by atoms with E-state index in [0.29, 0.717) is 43.8 Å². The van der Waals surface area contributed by atoms with Crippen LogP contribution in [0.3, 0.4) is 0 Å². The molecule has 39 heavy (non-hydrogen) atoms. The minimum Gasteiger partial charge on any atom is -0.344 e. The van der Waals surface area contributed by atoms with Gasteiger partial charge in [0, 0.05) is 13.1 Å². The van der Waals surface area contributed by atoms with Crippen LogP contribution in [-0.2, 0) is 16.0 Å². The number of nitrogens with one attached hydrogen (secondary N) is 3. The number of nitrogens with two attached hydrogens (primary N) is 1. The highest BCUT2D eigenvalue weighted by Crippen LogP contribution is 2.24. The molecule has 1 aromatic heterocycles. The molecule has 1 unspecified atom stereocenters. The number of thiazole rings is 1. The maximum Gasteiger partial charge on any atom is 0.243 e. The molecule has 5 N–H and O–H groups in total. The zero-order chi connectivity index (χ0) is 27.6. The van der Waals surface area contributed by atoms with Gasteiger partial charge >= 0.3 is 0 Å². The van der Waals surface area contributed by atoms with Gasteiger partial charge in [-0.15, -0.1) is 11.3 Å². The number of benzene rings is 2. The fourth-order valence-corrected chi connectivity index (χ4v) is 5.79. The lowest BCUT2D eigenvalue weighted by molar-refractivity contribution is -0.140. The van der Waals surface area contributed by atoms with Gasteiger partial charge in [-0.2, -0.15) is 0 Å². The van der Waals surface area contributed by atoms with Gasteiger partial charge in [-0.25, -0.2) is 10.8 Å². The largest absolute Gasteiger partial charge is 0.344 e. The van der Waals surface area contributed by atoms with Gasteiger partial charge in [0.15, 0.2) is 5.01 Å². The minimum atomic E-state index is -0.777. The second-order valence-electron chi connectivity index (χ2n) is 9.48. The molecule has 1 saturated heterocycles. The predicted molar refractivity (Wildman–Crippen MR) is 154 cm³/mol. The van der Waals surface area contributed by atoms with Crippen LogP contribution in [-0.4, -0.2) is 72.1 Å². The van der Waals surface area contributed by atoms with Crippen molar-refractivity contribution in [3.8, 4) is 0 Å². The molecule has 0 bridgehead atoms. The van der Waals surface area contributed by atoms with Gasteiger partial charge in [0.25, 0.3) is 0 Å². The van der Waals surface area contributed by atoms with Crippen LogP contribution in [0.1, 0.15) is 41.0 Å². The molecule has 1 aliphatic rings. The summed E-state index contributed by atoms with van der Waals surface area (Å²) in [5.74, 6) is 4.56. The van der Waals surface area contributed by atoms with E-state index in [-0.39, 0.29) is 17.6 Å². The maximum atomic E-state index is 13.5. The van der Waals surface area contributed by atoms with Gasteiger partial charge in [0.05, 0.1) is 28.6 Å². The number of hydrazine groups is 1. The second-order valence-corrected chi connectivity index (χ2v) is 10.5. The summed E-state index contributed by atoms with van der Waals surface area (Å²) in [7, 11) is 1.76. The van der Waals surface area contributed by atoms with Crippen molar-refractivity contribution >= 4 is 45.5 Å². The number of hydrogen-bond donors (Lipinski definition) is 4. The van der Waals surface area contributed by atoms with Crippen LogP contribution in [0.5, 0.6) is 0 Å². The van der Waals surface area contributed by atoms with Gasteiger partial charge in [0.1, 0.15) is 6.04 Å². The summed E-state index contributed by atoms with van der Waals surface area (Å²) in [6.45, 7) is 0.947. The number of amides is 2. The van der Waals surface area contributed by atoms with Crippen molar-refractivity contribution in [2.45, 2.75) is 50.2 Å². The van der Waals surface area contributed by atoms with E-state index in [1.807, 2.05) is 54.6 Å². The highest BCUT2D eigenvalue weighted by atomic mass is 32.1. The molecule has 10 nitrogen and oxygen atoms in total. The molecule has 4 rings (SSSR count). The lowest BCUT2D eigenvalue weighted by Crippen LogP contribution is -2.54. The van der Waals surface area contributed by atoms with E-state index in [0.717, 1.165) is 22.2 Å². The van der Waals surface area contributed by atoms with Crippen molar-refractivity contribution in [3.05, 3.63) is 65.2 Å². The standard InChI is InChI=1S/C28H35N7O3S/c1-30-22(17-19-9-3-2-4-10-19)28(38)35-16-8-13-23(35)26(37)33-21(12-7-15-31-18-32-29)25(36)27-34-20-11-5-6-14-24(20)39-27/h2-6,9-11,14,18,21-23,30H,7-8,12-13,15-17,29H2,1H3,(H,31,32)(H,33,37)/t21?,22-,23-/m0/s1. The summed E-state index contributed by atoms with van der Waals surface area (Å²) in [4.78, 5) is 50.8. The number of rotatable bonds is 13. The Bertz CT molecular complexity index is 1260. The molecule has 206 valence electrons. The van der Waals surface area contributed by atoms with Gasteiger partial charge in [-0.1, -0.05) is 42.5 Å². The first kappa shape index (κ1) is 28.3. The fourth-order valence-electron chi connectivity index (χ4n) is 4.83. The predicted octanol–water partition coefficient (Wildman–Crippen LogP) is 2.06. The summed E-state index contributed by atoms with van der Waals surface area (Å²) in [5, 5.41) is 6.42. The number of fused-ring (bicyclic) bond motifs is 1. The summed E-state index contributed by atoms with van der Waals surface area (Å²) < 4.78 is 0.911. The molecule has 0 saturated carbocycles. The van der Waals surface area contributed by atoms with Gasteiger partial charge in [-0.3, -0.25) is 19.4 Å². The van der Waals surface area contributed by atoms with Crippen LogP contribution >= 0.6 is 11.3 Å². The Morgan fingerprint density at radius 2 is 1.92 bits per heavy atom. The van der Waals surface area contributed by atoms with Crippen LogP contribution in [0.25, 0.3) is 10.2 Å². The van der Waals surface area contributed by atoms with Crippen molar-refractivity contribution < 1.29 is 14.4 Å². The average molecular weight is 550 g/mol. The molecule has 3 atom stereocenters. The van der Waals surface area contributed by atoms with E-state index >= 15 is 0 Å². The first-order valence-corrected chi connectivity index (χ1v) is 14.0. The molecular weight excluding hydrogens is 514 g/mol. The van der Waals surface area contributed by atoms with Crippen LogP contribution in [0.15, 0.2) is 59.6 Å². The molecule has 1 aliphatic heterocycles. The molecule has 11 heteroatoms. The van der Waals surface area contributed by atoms with Crippen LogP contribution in [0, 0.1) is 0 Å². The number of ketones is 1. The second kappa shape index (κ2) is 13.9. The summed E-state index contributed by atoms with van der Waals surface area (Å²) in [6, 6.07) is 15.5. The summed E-state index contributed by atoms with van der Waals surface area (Å²) in [6.07, 6.45) is 4.13. The van der Waals surface area contributed by atoms with E-state index in [1.165, 1.54) is 17.7 Å². The van der Waals surface area contributed by atoms with E-state index in [1.54, 1.807) is 11.9 Å². The Labute approximate surface area is 232 Å². The molecule has 0 aliphatic carbocycles. The first-order valence-electron chi connectivity index (χ1n) is 13.2. The van der Waals surface area contributed by atoms with Crippen LogP contribution < -0.4 is 21.9 Å². The number of carbonyl (C=O) groups excluding carboxylic acids is 3. The monoisotopic (exact) mass is 549 g/mol. The van der Waals surface area contributed by atoms with E-state index in [2.05, 4.69) is 26.0 Å². The summed E-state index contributed by atoms with van der Waals surface area (Å²) >= 11 is 1.31. The number of aromatic nitrogens is 1. The lowest BCUT2D eigenvalue weighted by atomic mass is 10.0. The quantitative estimate of drug-likeness (QED) is 0.0638. The van der Waals surface area contributed by atoms with Crippen LogP contribution in [0.2, 0.25) is 0 Å². The fraction of sp³-hybridized carbons (Fsp3) is 0.393. The third-order valence-corrected chi connectivity index (χ3v) is 7.90. The Balaban J connectivity index is 1.47. The van der Waals surface area contributed by atoms with Gasteiger partial charge in [-0.05, 0) is 56.8 Å². The van der Waals surface area contributed by atoms with E-state index in [9.17, 15) is 14.4 Å². The average Bonchev–Trinajstić information content (AvgIpc) is 3.63. The van der Waals surface area contributed by atoms with Crippen molar-refractivity contribution in [3.63, 3.8) is 0 Å². The number of carbonyl (C=O) groups is 3. The Morgan fingerprint density at radius 1 is 1.15 bits per heavy atom. The number of nitrogens with zero attached hydrogens (tertiary/aromatic N) is 3. The van der Waals surface area contributed by atoms with Crippen molar-refractivity contribution in [1.29, 1.82) is 0 Å². The molecular formula is C28H35N7O3S. The van der Waals surface area contributed by atoms with E-state index < -0.39 is 18.1 Å². The molecule has 0 radical (unpaired) electrons. The van der Waals surface area contributed by atoms with Crippen molar-refractivity contribution in [1.82, 2.24) is 25.9 Å². The van der Waals surface area contributed by atoms with Gasteiger partial charge in [0.2, 0.25) is 17.6 Å². The Hall–Kier alpha value is -3.67. The number of para-hydroxylation sites is 1. The molecule has 2 aromatic carbocycles. The molecule has 2 heterocycles. The number of likely N-dealkylation sites (N-methyl/N-ethyl adjacent to an activating group) is 1. The number of hydrogen-bond acceptors (Lipinski definition) is 8. The highest BCUT2D eigenvalue weighted by molar-refractivity contribution is 7.20. The number of Topliss-reactive ketones (excluding diaryl/α,β-unsaturated/α-hetero) is 1. The zero-order valence-corrected chi connectivity index (χ0v) is 22.8. The topological polar surface area (TPSA) is 142 Å². The lowest BCUT2D eigenvalue weighted by Gasteiger charge is -2.29. The van der Waals surface area contributed by atoms with E-state index in [4.69, 9.17) is 5.84 Å². The smallest absolute Gasteiger partial charge is 0.243 e. The molecule has 2 amide bonds. The first-order chi connectivity index (χ1) is 19.0. The molecule has 3 aromatic rings. The highest BCUT2D eigenvalue weighted by Gasteiger charge is 2.38. The minimum absolute atomic E-state index is 0.114. The Kier molecular flexibility index (Phi) is 10.1. The zero-order valence-electron chi connectivity index (χ0n) is 22.0. The third kappa shape index (κ3) is 7.25. The normalized spacial score (nSPS) is 16.9.